The Morgan fingerprint density at radius 2 is 1.85 bits per heavy atom. The molecule has 1 N–H and O–H groups in total. The van der Waals surface area contributed by atoms with Crippen LogP contribution in [0.1, 0.15) is 33.4 Å². The number of hydrogen-bond acceptors (Lipinski definition) is 5. The fourth-order valence-electron chi connectivity index (χ4n) is 4.06. The van der Waals surface area contributed by atoms with Crippen molar-refractivity contribution in [3.05, 3.63) is 113 Å². The second-order valence-corrected chi connectivity index (χ2v) is 7.92. The van der Waals surface area contributed by atoms with E-state index < -0.39 is 6.17 Å². The van der Waals surface area contributed by atoms with E-state index in [9.17, 15) is 9.18 Å². The van der Waals surface area contributed by atoms with Gasteiger partial charge in [0, 0.05) is 11.3 Å². The van der Waals surface area contributed by atoms with Crippen molar-refractivity contribution in [3.8, 4) is 11.5 Å². The molecule has 34 heavy (non-hydrogen) atoms. The molecule has 1 aliphatic heterocycles. The number of fused-ring (bicyclic) bond motifs is 1. The molecule has 1 amide bonds. The van der Waals surface area contributed by atoms with Crippen molar-refractivity contribution < 1.29 is 23.1 Å². The predicted molar refractivity (Wildman–Crippen MR) is 125 cm³/mol. The van der Waals surface area contributed by atoms with Crippen LogP contribution in [0.25, 0.3) is 0 Å². The zero-order valence-corrected chi connectivity index (χ0v) is 18.5. The van der Waals surface area contributed by atoms with E-state index in [1.165, 1.54) is 12.1 Å². The van der Waals surface area contributed by atoms with E-state index in [-0.39, 0.29) is 18.3 Å². The van der Waals surface area contributed by atoms with Gasteiger partial charge in [-0.25, -0.2) is 4.39 Å². The van der Waals surface area contributed by atoms with E-state index in [0.717, 1.165) is 16.8 Å². The van der Waals surface area contributed by atoms with Gasteiger partial charge in [-0.2, -0.15) is 0 Å². The highest BCUT2D eigenvalue weighted by atomic mass is 19.1. The topological polar surface area (TPSA) is 63.9 Å². The molecule has 1 aliphatic rings. The number of rotatable bonds is 7. The summed E-state index contributed by atoms with van der Waals surface area (Å²) in [6.07, 6.45) is 1.17. The van der Waals surface area contributed by atoms with Gasteiger partial charge in [-0.1, -0.05) is 18.2 Å². The third-order valence-electron chi connectivity index (χ3n) is 5.76. The number of halogens is 1. The lowest BCUT2D eigenvalue weighted by molar-refractivity contribution is 0.0651. The van der Waals surface area contributed by atoms with Crippen LogP contribution >= 0.6 is 0 Å². The summed E-state index contributed by atoms with van der Waals surface area (Å²) in [4.78, 5) is 15.2. The van der Waals surface area contributed by atoms with Crippen LogP contribution in [0.5, 0.6) is 11.5 Å². The van der Waals surface area contributed by atoms with Crippen molar-refractivity contribution in [1.29, 1.82) is 0 Å². The van der Waals surface area contributed by atoms with Gasteiger partial charge in [0.25, 0.3) is 5.91 Å². The minimum Gasteiger partial charge on any atom is -0.496 e. The molecular weight excluding hydrogens is 435 g/mol. The summed E-state index contributed by atoms with van der Waals surface area (Å²) in [6.45, 7) is 0.531. The maximum Gasteiger partial charge on any atom is 0.258 e. The number of nitrogens with one attached hydrogen (secondary N) is 1. The minimum atomic E-state index is -0.428. The summed E-state index contributed by atoms with van der Waals surface area (Å²) in [6, 6.07) is 22.7. The Bertz CT molecular complexity index is 1290. The summed E-state index contributed by atoms with van der Waals surface area (Å²) in [5.41, 5.74) is 3.05. The van der Waals surface area contributed by atoms with Crippen molar-refractivity contribution in [2.45, 2.75) is 19.3 Å². The van der Waals surface area contributed by atoms with Crippen LogP contribution in [0.15, 0.2) is 89.5 Å². The molecule has 1 aromatic heterocycles. The van der Waals surface area contributed by atoms with Crippen LogP contribution < -0.4 is 14.8 Å². The monoisotopic (exact) mass is 458 g/mol. The van der Waals surface area contributed by atoms with Crippen LogP contribution in [0.2, 0.25) is 0 Å². The number of anilines is 1. The number of para-hydroxylation sites is 1. The molecular formula is C27H23FN2O4. The van der Waals surface area contributed by atoms with Gasteiger partial charge in [0.1, 0.15) is 35.8 Å². The quantitative estimate of drug-likeness (QED) is 0.381. The predicted octanol–water partition coefficient (Wildman–Crippen LogP) is 5.77. The third kappa shape index (κ3) is 4.32. The van der Waals surface area contributed by atoms with Crippen molar-refractivity contribution in [3.63, 3.8) is 0 Å². The highest BCUT2D eigenvalue weighted by Crippen LogP contribution is 2.36. The first-order valence-electron chi connectivity index (χ1n) is 10.9. The molecule has 5 rings (SSSR count). The van der Waals surface area contributed by atoms with E-state index in [1.54, 1.807) is 36.5 Å². The molecule has 0 saturated heterocycles. The molecule has 4 aromatic rings. The van der Waals surface area contributed by atoms with Gasteiger partial charge in [-0.3, -0.25) is 4.79 Å². The summed E-state index contributed by atoms with van der Waals surface area (Å²) in [5.74, 6) is 1.49. The van der Waals surface area contributed by atoms with Gasteiger partial charge in [0.15, 0.2) is 0 Å². The molecule has 1 atom stereocenters. The molecule has 0 fully saturated rings. The lowest BCUT2D eigenvalue weighted by Gasteiger charge is -2.38. The lowest BCUT2D eigenvalue weighted by atomic mass is 10.0. The summed E-state index contributed by atoms with van der Waals surface area (Å²) in [5, 5.41) is 3.49. The second-order valence-electron chi connectivity index (χ2n) is 7.92. The molecule has 0 unspecified atom stereocenters. The van der Waals surface area contributed by atoms with Gasteiger partial charge >= 0.3 is 0 Å². The van der Waals surface area contributed by atoms with Gasteiger partial charge in [-0.05, 0) is 66.2 Å². The largest absolute Gasteiger partial charge is 0.496 e. The molecule has 0 bridgehead atoms. The average molecular weight is 458 g/mol. The molecule has 6 nitrogen and oxygen atoms in total. The Balaban J connectivity index is 1.47. The zero-order valence-electron chi connectivity index (χ0n) is 18.5. The van der Waals surface area contributed by atoms with E-state index in [2.05, 4.69) is 5.32 Å². The van der Waals surface area contributed by atoms with Crippen LogP contribution in [0.4, 0.5) is 10.1 Å². The number of methoxy groups -OCH3 is 1. The number of carbonyl (C=O) groups excluding carboxylic acids is 1. The first-order chi connectivity index (χ1) is 16.6. The molecule has 3 aromatic carbocycles. The van der Waals surface area contributed by atoms with Gasteiger partial charge in [0.05, 0.1) is 25.5 Å². The van der Waals surface area contributed by atoms with E-state index in [1.807, 2.05) is 48.5 Å². The van der Waals surface area contributed by atoms with Crippen LogP contribution in [0, 0.1) is 5.82 Å². The van der Waals surface area contributed by atoms with E-state index in [4.69, 9.17) is 13.9 Å². The molecule has 7 heteroatoms. The Morgan fingerprint density at radius 3 is 2.62 bits per heavy atom. The van der Waals surface area contributed by atoms with Crippen LogP contribution in [0.3, 0.4) is 0 Å². The van der Waals surface area contributed by atoms with E-state index in [0.29, 0.717) is 29.4 Å². The normalized spacial score (nSPS) is 14.9. The van der Waals surface area contributed by atoms with Crippen molar-refractivity contribution in [2.75, 3.05) is 12.4 Å². The van der Waals surface area contributed by atoms with Crippen molar-refractivity contribution >= 4 is 11.6 Å². The van der Waals surface area contributed by atoms with Crippen molar-refractivity contribution in [2.24, 2.45) is 0 Å². The van der Waals surface area contributed by atoms with Crippen LogP contribution in [-0.2, 0) is 13.2 Å². The van der Waals surface area contributed by atoms with Gasteiger partial charge in [-0.15, -0.1) is 0 Å². The fourth-order valence-corrected chi connectivity index (χ4v) is 4.06. The number of ether oxygens (including phenoxy) is 2. The smallest absolute Gasteiger partial charge is 0.258 e. The highest BCUT2D eigenvalue weighted by molar-refractivity contribution is 6.01. The number of amides is 1. The minimum absolute atomic E-state index is 0.0873. The Kier molecular flexibility index (Phi) is 5.91. The standard InChI is InChI=1S/C27H23FN2O4/c1-32-25-13-8-18(15-19(25)17-34-21-11-9-20(28)10-12-21)26-29-24-7-3-2-6-23(24)27(31)30(26)16-22-5-4-14-33-22/h2-15,26,29H,16-17H2,1H3/t26-/m0/s1. The average Bonchev–Trinajstić information content (AvgIpc) is 3.38. The molecule has 0 spiro atoms. The van der Waals surface area contributed by atoms with Crippen molar-refractivity contribution in [1.82, 2.24) is 4.90 Å². The Hall–Kier alpha value is -4.26. The number of nitrogens with zero attached hydrogens (tertiary/aromatic N) is 1. The maximum atomic E-state index is 13.4. The Labute approximate surface area is 196 Å². The molecule has 0 aliphatic carbocycles. The number of hydrogen-bond donors (Lipinski definition) is 1. The lowest BCUT2D eigenvalue weighted by Crippen LogP contribution is -2.42. The SMILES string of the molecule is COc1ccc([C@H]2Nc3ccccc3C(=O)N2Cc2ccco2)cc1COc1ccc(F)cc1. The Morgan fingerprint density at radius 1 is 1.03 bits per heavy atom. The number of furan rings is 1. The molecule has 0 saturated carbocycles. The highest BCUT2D eigenvalue weighted by Gasteiger charge is 2.33. The van der Waals surface area contributed by atoms with E-state index >= 15 is 0 Å². The van der Waals surface area contributed by atoms with Gasteiger partial charge in [0.2, 0.25) is 0 Å². The number of benzene rings is 3. The maximum absolute atomic E-state index is 13.4. The first-order valence-corrected chi connectivity index (χ1v) is 10.9. The van der Waals surface area contributed by atoms with Gasteiger partial charge < -0.3 is 24.1 Å². The fraction of sp³-hybridized carbons (Fsp3) is 0.148. The summed E-state index contributed by atoms with van der Waals surface area (Å²) < 4.78 is 30.1. The molecule has 172 valence electrons. The second kappa shape index (κ2) is 9.31. The number of carbonyl (C=O) groups is 1. The van der Waals surface area contributed by atoms with Crippen LogP contribution in [-0.4, -0.2) is 17.9 Å². The summed E-state index contributed by atoms with van der Waals surface area (Å²) in [7, 11) is 1.60. The molecule has 2 heterocycles. The summed E-state index contributed by atoms with van der Waals surface area (Å²) >= 11 is 0. The zero-order chi connectivity index (χ0) is 23.5. The first kappa shape index (κ1) is 21.6. The third-order valence-corrected chi connectivity index (χ3v) is 5.76. The molecule has 0 radical (unpaired) electrons.